The Kier molecular flexibility index (Phi) is 3.94. The van der Waals surface area contributed by atoms with Crippen molar-refractivity contribution < 1.29 is 14.1 Å². The Morgan fingerprint density at radius 2 is 2.36 bits per heavy atom. The van der Waals surface area contributed by atoms with E-state index in [1.165, 1.54) is 0 Å². The summed E-state index contributed by atoms with van der Waals surface area (Å²) in [5.74, 6) is 0.612. The van der Waals surface area contributed by atoms with Crippen LogP contribution in [0, 0.1) is 0 Å². The van der Waals surface area contributed by atoms with Crippen molar-refractivity contribution in [1.82, 2.24) is 15.0 Å². The van der Waals surface area contributed by atoms with Gasteiger partial charge >= 0.3 is 0 Å². The quantitative estimate of drug-likeness (QED) is 0.866. The first-order chi connectivity index (χ1) is 10.6. The Hall–Kier alpha value is -2.21. The Balaban J connectivity index is 1.68. The standard InChI is InChI=1S/C16H19N3O3/c1-16(6-4-8-21-16)15(20)19(2)11-13-9-14(18-22-13)12-5-3-7-17-10-12/h3,5,7,9-10H,4,6,8,11H2,1-2H3. The van der Waals surface area contributed by atoms with Gasteiger partial charge in [0.1, 0.15) is 11.3 Å². The van der Waals surface area contributed by atoms with E-state index in [1.54, 1.807) is 24.3 Å². The van der Waals surface area contributed by atoms with Gasteiger partial charge in [-0.05, 0) is 31.9 Å². The van der Waals surface area contributed by atoms with E-state index in [0.717, 1.165) is 18.4 Å². The topological polar surface area (TPSA) is 68.5 Å². The van der Waals surface area contributed by atoms with Gasteiger partial charge in [-0.15, -0.1) is 0 Å². The van der Waals surface area contributed by atoms with Crippen LogP contribution in [-0.2, 0) is 16.1 Å². The van der Waals surface area contributed by atoms with E-state index >= 15 is 0 Å². The molecule has 6 nitrogen and oxygen atoms in total. The summed E-state index contributed by atoms with van der Waals surface area (Å²) >= 11 is 0. The van der Waals surface area contributed by atoms with Crippen LogP contribution in [0.1, 0.15) is 25.5 Å². The number of aromatic nitrogens is 2. The fraction of sp³-hybridized carbons (Fsp3) is 0.438. The molecular formula is C16H19N3O3. The number of carbonyl (C=O) groups excluding carboxylic acids is 1. The van der Waals surface area contributed by atoms with E-state index in [1.807, 2.05) is 25.1 Å². The van der Waals surface area contributed by atoms with Gasteiger partial charge in [-0.2, -0.15) is 0 Å². The molecule has 3 rings (SSSR count). The molecule has 0 spiro atoms. The van der Waals surface area contributed by atoms with Crippen LogP contribution >= 0.6 is 0 Å². The second-order valence-electron chi connectivity index (χ2n) is 5.76. The lowest BCUT2D eigenvalue weighted by Gasteiger charge is -2.27. The SMILES string of the molecule is CN(Cc1cc(-c2cccnc2)no1)C(=O)C1(C)CCCO1. The number of hydrogen-bond donors (Lipinski definition) is 0. The van der Waals surface area contributed by atoms with Gasteiger partial charge in [0.15, 0.2) is 5.76 Å². The minimum atomic E-state index is -0.707. The summed E-state index contributed by atoms with van der Waals surface area (Å²) in [7, 11) is 1.75. The molecule has 0 N–H and O–H groups in total. The molecule has 116 valence electrons. The monoisotopic (exact) mass is 301 g/mol. The van der Waals surface area contributed by atoms with Gasteiger partial charge < -0.3 is 14.2 Å². The Bertz CT molecular complexity index is 648. The third-order valence-electron chi connectivity index (χ3n) is 3.93. The lowest BCUT2D eigenvalue weighted by Crippen LogP contribution is -2.44. The van der Waals surface area contributed by atoms with Crippen molar-refractivity contribution in [2.75, 3.05) is 13.7 Å². The lowest BCUT2D eigenvalue weighted by molar-refractivity contribution is -0.150. The zero-order chi connectivity index (χ0) is 15.6. The molecule has 1 unspecified atom stereocenters. The van der Waals surface area contributed by atoms with Crippen molar-refractivity contribution >= 4 is 5.91 Å². The van der Waals surface area contributed by atoms with Crippen LogP contribution in [0.2, 0.25) is 0 Å². The molecular weight excluding hydrogens is 282 g/mol. The fourth-order valence-corrected chi connectivity index (χ4v) is 2.69. The number of nitrogens with zero attached hydrogens (tertiary/aromatic N) is 3. The molecule has 1 aliphatic rings. The van der Waals surface area contributed by atoms with Gasteiger partial charge in [-0.3, -0.25) is 9.78 Å². The van der Waals surface area contributed by atoms with Crippen LogP contribution in [0.15, 0.2) is 35.1 Å². The van der Waals surface area contributed by atoms with Gasteiger partial charge in [0.05, 0.1) is 6.54 Å². The minimum Gasteiger partial charge on any atom is -0.365 e. The molecule has 0 saturated carbocycles. The first-order valence-corrected chi connectivity index (χ1v) is 7.34. The van der Waals surface area contributed by atoms with Crippen LogP contribution in [-0.4, -0.2) is 40.2 Å². The summed E-state index contributed by atoms with van der Waals surface area (Å²) in [5.41, 5.74) is 0.894. The molecule has 0 radical (unpaired) electrons. The lowest BCUT2D eigenvalue weighted by atomic mass is 10.0. The third-order valence-corrected chi connectivity index (χ3v) is 3.93. The van der Waals surface area contributed by atoms with Crippen LogP contribution in [0.25, 0.3) is 11.3 Å². The zero-order valence-corrected chi connectivity index (χ0v) is 12.8. The maximum Gasteiger partial charge on any atom is 0.254 e. The highest BCUT2D eigenvalue weighted by Gasteiger charge is 2.39. The maximum atomic E-state index is 12.5. The molecule has 2 aromatic heterocycles. The molecule has 0 bridgehead atoms. The maximum absolute atomic E-state index is 12.5. The molecule has 2 aromatic rings. The summed E-state index contributed by atoms with van der Waals surface area (Å²) in [5, 5.41) is 4.03. The van der Waals surface area contributed by atoms with Crippen molar-refractivity contribution in [3.05, 3.63) is 36.4 Å². The van der Waals surface area contributed by atoms with Crippen molar-refractivity contribution in [2.24, 2.45) is 0 Å². The van der Waals surface area contributed by atoms with E-state index in [4.69, 9.17) is 9.26 Å². The Morgan fingerprint density at radius 1 is 1.50 bits per heavy atom. The number of hydrogen-bond acceptors (Lipinski definition) is 5. The van der Waals surface area contributed by atoms with Crippen LogP contribution in [0.3, 0.4) is 0 Å². The normalized spacial score (nSPS) is 21.0. The molecule has 1 amide bonds. The summed E-state index contributed by atoms with van der Waals surface area (Å²) in [6.07, 6.45) is 5.11. The van der Waals surface area contributed by atoms with Crippen molar-refractivity contribution in [2.45, 2.75) is 31.9 Å². The molecule has 22 heavy (non-hydrogen) atoms. The highest BCUT2D eigenvalue weighted by atomic mass is 16.5. The molecule has 0 aliphatic carbocycles. The van der Waals surface area contributed by atoms with Gasteiger partial charge in [-0.1, -0.05) is 5.16 Å². The average molecular weight is 301 g/mol. The van der Waals surface area contributed by atoms with Crippen LogP contribution < -0.4 is 0 Å². The molecule has 1 saturated heterocycles. The summed E-state index contributed by atoms with van der Waals surface area (Å²) in [6.45, 7) is 2.86. The van der Waals surface area contributed by atoms with Gasteiger partial charge in [-0.25, -0.2) is 0 Å². The van der Waals surface area contributed by atoms with E-state index in [0.29, 0.717) is 24.6 Å². The third kappa shape index (κ3) is 2.87. The summed E-state index contributed by atoms with van der Waals surface area (Å²) in [6, 6.07) is 5.59. The predicted octanol–water partition coefficient (Wildman–Crippen LogP) is 2.26. The van der Waals surface area contributed by atoms with Crippen molar-refractivity contribution in [3.63, 3.8) is 0 Å². The number of carbonyl (C=O) groups is 1. The molecule has 0 aromatic carbocycles. The molecule has 1 aliphatic heterocycles. The largest absolute Gasteiger partial charge is 0.365 e. The highest BCUT2D eigenvalue weighted by molar-refractivity contribution is 5.84. The number of rotatable bonds is 4. The number of amides is 1. The first-order valence-electron chi connectivity index (χ1n) is 7.34. The fourth-order valence-electron chi connectivity index (χ4n) is 2.69. The Labute approximate surface area is 129 Å². The minimum absolute atomic E-state index is 0.0238. The van der Waals surface area contributed by atoms with E-state index in [2.05, 4.69) is 10.1 Å². The molecule has 3 heterocycles. The van der Waals surface area contributed by atoms with Gasteiger partial charge in [0.25, 0.3) is 5.91 Å². The number of ether oxygens (including phenoxy) is 1. The highest BCUT2D eigenvalue weighted by Crippen LogP contribution is 2.27. The Morgan fingerprint density at radius 3 is 3.05 bits per heavy atom. The molecule has 6 heteroatoms. The first kappa shape index (κ1) is 14.7. The van der Waals surface area contributed by atoms with Crippen LogP contribution in [0.4, 0.5) is 0 Å². The smallest absolute Gasteiger partial charge is 0.254 e. The van der Waals surface area contributed by atoms with E-state index in [-0.39, 0.29) is 5.91 Å². The van der Waals surface area contributed by atoms with E-state index in [9.17, 15) is 4.79 Å². The summed E-state index contributed by atoms with van der Waals surface area (Å²) in [4.78, 5) is 18.2. The van der Waals surface area contributed by atoms with Crippen LogP contribution in [0.5, 0.6) is 0 Å². The second-order valence-corrected chi connectivity index (χ2v) is 5.76. The number of pyridine rings is 1. The predicted molar refractivity (Wildman–Crippen MR) is 79.8 cm³/mol. The average Bonchev–Trinajstić information content (AvgIpc) is 3.17. The van der Waals surface area contributed by atoms with Crippen molar-refractivity contribution in [3.8, 4) is 11.3 Å². The summed E-state index contributed by atoms with van der Waals surface area (Å²) < 4.78 is 10.9. The number of likely N-dealkylation sites (N-methyl/N-ethyl adjacent to an activating group) is 1. The zero-order valence-electron chi connectivity index (χ0n) is 12.8. The van der Waals surface area contributed by atoms with Gasteiger partial charge in [0.2, 0.25) is 0 Å². The van der Waals surface area contributed by atoms with Gasteiger partial charge in [0, 0.05) is 37.7 Å². The van der Waals surface area contributed by atoms with Crippen molar-refractivity contribution in [1.29, 1.82) is 0 Å². The molecule has 1 fully saturated rings. The molecule has 1 atom stereocenters. The second kappa shape index (κ2) is 5.88. The van der Waals surface area contributed by atoms with E-state index < -0.39 is 5.60 Å².